The number of hydrogen-bond donors (Lipinski definition) is 2. The molecule has 1 fully saturated rings. The lowest BCUT2D eigenvalue weighted by molar-refractivity contribution is 0.386. The summed E-state index contributed by atoms with van der Waals surface area (Å²) >= 11 is 3.54. The van der Waals surface area contributed by atoms with E-state index in [-0.39, 0.29) is 0 Å². The third-order valence-electron chi connectivity index (χ3n) is 4.65. The maximum Gasteiger partial charge on any atom is 0.110 e. The van der Waals surface area contributed by atoms with Crippen molar-refractivity contribution in [1.29, 1.82) is 0 Å². The molecule has 0 bridgehead atoms. The smallest absolute Gasteiger partial charge is 0.110 e. The highest BCUT2D eigenvalue weighted by molar-refractivity contribution is 9.10. The van der Waals surface area contributed by atoms with Gasteiger partial charge in [-0.05, 0) is 43.4 Å². The van der Waals surface area contributed by atoms with Crippen LogP contribution >= 0.6 is 15.9 Å². The van der Waals surface area contributed by atoms with Gasteiger partial charge in [0.25, 0.3) is 0 Å². The largest absolute Gasteiger partial charge is 0.345 e. The first-order chi connectivity index (χ1) is 9.70. The molecule has 3 N–H and O–H groups in total. The molecule has 3 nitrogen and oxygen atoms in total. The minimum atomic E-state index is 0.395. The summed E-state index contributed by atoms with van der Waals surface area (Å²) in [5.74, 6) is 1.75. The second kappa shape index (κ2) is 4.71. The maximum absolute atomic E-state index is 5.99. The van der Waals surface area contributed by atoms with Crippen LogP contribution in [0.15, 0.2) is 22.7 Å². The van der Waals surface area contributed by atoms with Crippen LogP contribution in [0.2, 0.25) is 0 Å². The lowest BCUT2D eigenvalue weighted by atomic mass is 9.86. The number of imidazole rings is 1. The molecule has 0 aliphatic heterocycles. The lowest BCUT2D eigenvalue weighted by Gasteiger charge is -2.24. The predicted octanol–water partition coefficient (Wildman–Crippen LogP) is 3.73. The molecule has 0 unspecified atom stereocenters. The van der Waals surface area contributed by atoms with E-state index in [1.54, 1.807) is 0 Å². The molecule has 20 heavy (non-hydrogen) atoms. The molecule has 0 spiro atoms. The molecule has 2 aromatic rings. The van der Waals surface area contributed by atoms with E-state index in [1.807, 2.05) is 0 Å². The molecule has 1 aromatic heterocycles. The van der Waals surface area contributed by atoms with Crippen LogP contribution in [0.3, 0.4) is 0 Å². The number of benzene rings is 1. The highest BCUT2D eigenvalue weighted by Crippen LogP contribution is 2.39. The number of nitrogens with two attached hydrogens (primary N) is 1. The van der Waals surface area contributed by atoms with Crippen LogP contribution in [0.4, 0.5) is 0 Å². The van der Waals surface area contributed by atoms with Crippen molar-refractivity contribution in [1.82, 2.24) is 9.97 Å². The SMILES string of the molecule is NC1CCC(c2nc3c([nH]2)Cc2cc(Br)ccc2-3)CC1. The molecular formula is C16H18BrN3. The summed E-state index contributed by atoms with van der Waals surface area (Å²) in [6, 6.07) is 6.87. The van der Waals surface area contributed by atoms with Gasteiger partial charge in [0.05, 0.1) is 5.69 Å². The normalized spacial score (nSPS) is 24.5. The van der Waals surface area contributed by atoms with Crippen LogP contribution in [0, 0.1) is 0 Å². The highest BCUT2D eigenvalue weighted by atomic mass is 79.9. The molecule has 1 aromatic carbocycles. The number of nitrogens with zero attached hydrogens (tertiary/aromatic N) is 1. The minimum Gasteiger partial charge on any atom is -0.345 e. The van der Waals surface area contributed by atoms with Gasteiger partial charge in [0.2, 0.25) is 0 Å². The number of fused-ring (bicyclic) bond motifs is 3. The molecule has 0 atom stereocenters. The number of rotatable bonds is 1. The Morgan fingerprint density at radius 3 is 2.80 bits per heavy atom. The van der Waals surface area contributed by atoms with Crippen molar-refractivity contribution < 1.29 is 0 Å². The number of hydrogen-bond acceptors (Lipinski definition) is 2. The summed E-state index contributed by atoms with van der Waals surface area (Å²) in [6.07, 6.45) is 5.56. The van der Waals surface area contributed by atoms with E-state index in [0.29, 0.717) is 12.0 Å². The topological polar surface area (TPSA) is 54.7 Å². The Morgan fingerprint density at radius 2 is 2.00 bits per heavy atom. The second-order valence-corrected chi connectivity index (χ2v) is 6.95. The average Bonchev–Trinajstić information content (AvgIpc) is 2.96. The second-order valence-electron chi connectivity index (χ2n) is 6.04. The van der Waals surface area contributed by atoms with Crippen LogP contribution in [-0.4, -0.2) is 16.0 Å². The van der Waals surface area contributed by atoms with Crippen molar-refractivity contribution >= 4 is 15.9 Å². The van der Waals surface area contributed by atoms with Crippen molar-refractivity contribution in [3.63, 3.8) is 0 Å². The Hall–Kier alpha value is -1.13. The van der Waals surface area contributed by atoms with E-state index in [9.17, 15) is 0 Å². The number of nitrogens with one attached hydrogen (secondary N) is 1. The third-order valence-corrected chi connectivity index (χ3v) is 5.14. The van der Waals surface area contributed by atoms with Gasteiger partial charge in [-0.25, -0.2) is 4.98 Å². The molecular weight excluding hydrogens is 314 g/mol. The molecule has 4 rings (SSSR count). The quantitative estimate of drug-likeness (QED) is 0.713. The highest BCUT2D eigenvalue weighted by Gasteiger charge is 2.27. The molecule has 2 aliphatic carbocycles. The van der Waals surface area contributed by atoms with Gasteiger partial charge in [-0.2, -0.15) is 0 Å². The van der Waals surface area contributed by atoms with E-state index in [1.165, 1.54) is 35.5 Å². The molecule has 0 radical (unpaired) electrons. The average molecular weight is 332 g/mol. The molecule has 4 heteroatoms. The fourth-order valence-corrected chi connectivity index (χ4v) is 3.90. The number of halogens is 1. The fraction of sp³-hybridized carbons (Fsp3) is 0.438. The molecule has 2 aliphatic rings. The zero-order valence-corrected chi connectivity index (χ0v) is 12.9. The minimum absolute atomic E-state index is 0.395. The van der Waals surface area contributed by atoms with Crippen LogP contribution in [-0.2, 0) is 6.42 Å². The van der Waals surface area contributed by atoms with Crippen molar-refractivity contribution in [2.24, 2.45) is 5.73 Å². The Bertz CT molecular complexity index is 654. The van der Waals surface area contributed by atoms with Gasteiger partial charge in [-0.3, -0.25) is 0 Å². The van der Waals surface area contributed by atoms with Crippen molar-refractivity contribution in [2.45, 2.75) is 44.1 Å². The first kappa shape index (κ1) is 12.6. The van der Waals surface area contributed by atoms with Crippen LogP contribution in [0.25, 0.3) is 11.3 Å². The Labute approximate surface area is 127 Å². The van der Waals surface area contributed by atoms with E-state index in [0.717, 1.165) is 29.4 Å². The van der Waals surface area contributed by atoms with Gasteiger partial charge in [-0.15, -0.1) is 0 Å². The van der Waals surface area contributed by atoms with E-state index < -0.39 is 0 Å². The third kappa shape index (κ3) is 2.02. The summed E-state index contributed by atoms with van der Waals surface area (Å²) in [6.45, 7) is 0. The molecule has 1 saturated carbocycles. The van der Waals surface area contributed by atoms with Gasteiger partial charge in [-0.1, -0.05) is 22.0 Å². The zero-order valence-electron chi connectivity index (χ0n) is 11.3. The summed E-state index contributed by atoms with van der Waals surface area (Å²) in [5.41, 5.74) is 11.1. The summed E-state index contributed by atoms with van der Waals surface area (Å²) in [5, 5.41) is 0. The molecule has 0 saturated heterocycles. The number of H-pyrrole nitrogens is 1. The first-order valence-electron chi connectivity index (χ1n) is 7.34. The number of aromatic amines is 1. The van der Waals surface area contributed by atoms with Gasteiger partial charge >= 0.3 is 0 Å². The van der Waals surface area contributed by atoms with Crippen molar-refractivity contribution in [3.05, 3.63) is 39.8 Å². The van der Waals surface area contributed by atoms with Gasteiger partial charge < -0.3 is 10.7 Å². The fourth-order valence-electron chi connectivity index (χ4n) is 3.50. The van der Waals surface area contributed by atoms with Crippen LogP contribution < -0.4 is 5.73 Å². The van der Waals surface area contributed by atoms with E-state index in [2.05, 4.69) is 39.1 Å². The Morgan fingerprint density at radius 1 is 1.20 bits per heavy atom. The van der Waals surface area contributed by atoms with Gasteiger partial charge in [0, 0.05) is 34.1 Å². The van der Waals surface area contributed by atoms with Gasteiger partial charge in [0.15, 0.2) is 0 Å². The summed E-state index contributed by atoms with van der Waals surface area (Å²) in [7, 11) is 0. The van der Waals surface area contributed by atoms with Crippen molar-refractivity contribution in [2.75, 3.05) is 0 Å². The lowest BCUT2D eigenvalue weighted by Crippen LogP contribution is -2.26. The summed E-state index contributed by atoms with van der Waals surface area (Å²) in [4.78, 5) is 8.48. The first-order valence-corrected chi connectivity index (χ1v) is 8.13. The number of aromatic nitrogens is 2. The molecule has 0 amide bonds. The maximum atomic E-state index is 5.99. The van der Waals surface area contributed by atoms with E-state index in [4.69, 9.17) is 10.7 Å². The van der Waals surface area contributed by atoms with Gasteiger partial charge in [0.1, 0.15) is 5.82 Å². The standard InChI is InChI=1S/C16H18BrN3/c17-11-3-6-13-10(7-11)8-14-15(13)20-16(19-14)9-1-4-12(18)5-2-9/h3,6-7,9,12H,1-2,4-5,8,18H2,(H,19,20). The van der Waals surface area contributed by atoms with Crippen molar-refractivity contribution in [3.8, 4) is 11.3 Å². The molecule has 1 heterocycles. The summed E-state index contributed by atoms with van der Waals surface area (Å²) < 4.78 is 1.14. The van der Waals surface area contributed by atoms with Crippen LogP contribution in [0.5, 0.6) is 0 Å². The Balaban J connectivity index is 1.65. The Kier molecular flexibility index (Phi) is 2.97. The molecule has 104 valence electrons. The zero-order chi connectivity index (χ0) is 13.7. The van der Waals surface area contributed by atoms with Crippen LogP contribution in [0.1, 0.15) is 48.7 Å². The van der Waals surface area contributed by atoms with E-state index >= 15 is 0 Å². The predicted molar refractivity (Wildman–Crippen MR) is 83.7 cm³/mol. The monoisotopic (exact) mass is 331 g/mol.